The van der Waals surface area contributed by atoms with Gasteiger partial charge in [0.25, 0.3) is 5.69 Å². The Hall–Kier alpha value is -1.33. The maximum Gasteiger partial charge on any atom is 0.269 e. The Labute approximate surface area is 111 Å². The van der Waals surface area contributed by atoms with Gasteiger partial charge in [-0.3, -0.25) is 10.1 Å². The lowest BCUT2D eigenvalue weighted by Gasteiger charge is -2.06. The second-order valence-electron chi connectivity index (χ2n) is 4.44. The molecule has 1 aromatic rings. The van der Waals surface area contributed by atoms with Crippen molar-refractivity contribution in [3.8, 4) is 0 Å². The molecule has 1 aliphatic rings. The highest BCUT2D eigenvalue weighted by Gasteiger charge is 2.19. The zero-order valence-electron chi connectivity index (χ0n) is 10.1. The zero-order chi connectivity index (χ0) is 13.0. The first-order valence-electron chi connectivity index (χ1n) is 5.92. The summed E-state index contributed by atoms with van der Waals surface area (Å²) in [6.07, 6.45) is 2.56. The van der Waals surface area contributed by atoms with E-state index in [1.807, 2.05) is 0 Å². The maximum absolute atomic E-state index is 10.5. The minimum absolute atomic E-state index is 0.133. The number of rotatable bonds is 7. The van der Waals surface area contributed by atoms with Crippen molar-refractivity contribution >= 4 is 17.4 Å². The highest BCUT2D eigenvalue weighted by molar-refractivity contribution is 7.99. The summed E-state index contributed by atoms with van der Waals surface area (Å²) in [7, 11) is 0. The van der Waals surface area contributed by atoms with Crippen LogP contribution in [0.5, 0.6) is 0 Å². The summed E-state index contributed by atoms with van der Waals surface area (Å²) in [6.45, 7) is 4.89. The van der Waals surface area contributed by atoms with Crippen molar-refractivity contribution in [2.24, 2.45) is 0 Å². The summed E-state index contributed by atoms with van der Waals surface area (Å²) in [5, 5.41) is 13.9. The molecule has 0 atom stereocenters. The van der Waals surface area contributed by atoms with Gasteiger partial charge in [0, 0.05) is 35.4 Å². The third-order valence-corrected chi connectivity index (χ3v) is 3.87. The van der Waals surface area contributed by atoms with Crippen molar-refractivity contribution in [1.82, 2.24) is 5.32 Å². The fourth-order valence-corrected chi connectivity index (χ4v) is 2.28. The van der Waals surface area contributed by atoms with Crippen LogP contribution in [0.4, 0.5) is 5.69 Å². The summed E-state index contributed by atoms with van der Waals surface area (Å²) >= 11 is 1.66. The number of hydrogen-bond donors (Lipinski definition) is 1. The topological polar surface area (TPSA) is 55.2 Å². The fourth-order valence-electron chi connectivity index (χ4n) is 1.48. The molecule has 0 radical (unpaired) electrons. The molecule has 1 saturated carbocycles. The Bertz CT molecular complexity index is 441. The van der Waals surface area contributed by atoms with Gasteiger partial charge in [-0.1, -0.05) is 12.2 Å². The van der Waals surface area contributed by atoms with Crippen molar-refractivity contribution in [3.63, 3.8) is 0 Å². The first-order valence-corrected chi connectivity index (χ1v) is 6.91. The molecule has 0 bridgehead atoms. The van der Waals surface area contributed by atoms with Crippen LogP contribution in [0, 0.1) is 10.1 Å². The second-order valence-corrected chi connectivity index (χ2v) is 5.49. The van der Waals surface area contributed by atoms with Gasteiger partial charge in [0.15, 0.2) is 0 Å². The van der Waals surface area contributed by atoms with E-state index < -0.39 is 0 Å². The monoisotopic (exact) mass is 264 g/mol. The van der Waals surface area contributed by atoms with Crippen molar-refractivity contribution in [2.45, 2.75) is 23.8 Å². The molecule has 5 heteroatoms. The lowest BCUT2D eigenvalue weighted by atomic mass is 10.3. The predicted octanol–water partition coefficient (Wildman–Crippen LogP) is 3.00. The van der Waals surface area contributed by atoms with Gasteiger partial charge >= 0.3 is 0 Å². The van der Waals surface area contributed by atoms with Gasteiger partial charge in [-0.15, -0.1) is 11.8 Å². The number of nitro groups is 1. The van der Waals surface area contributed by atoms with E-state index in [4.69, 9.17) is 0 Å². The average molecular weight is 264 g/mol. The smallest absolute Gasteiger partial charge is 0.269 e. The Morgan fingerprint density at radius 2 is 2.11 bits per heavy atom. The molecule has 18 heavy (non-hydrogen) atoms. The molecule has 0 saturated heterocycles. The highest BCUT2D eigenvalue weighted by Crippen LogP contribution is 2.23. The normalized spacial score (nSPS) is 14.4. The van der Waals surface area contributed by atoms with Crippen LogP contribution in [0.15, 0.2) is 41.3 Å². The lowest BCUT2D eigenvalue weighted by Crippen LogP contribution is -2.19. The minimum atomic E-state index is -0.382. The van der Waals surface area contributed by atoms with Gasteiger partial charge in [0.2, 0.25) is 0 Å². The molecule has 1 aromatic carbocycles. The van der Waals surface area contributed by atoms with E-state index in [1.54, 1.807) is 23.9 Å². The minimum Gasteiger partial charge on any atom is -0.310 e. The molecule has 96 valence electrons. The van der Waals surface area contributed by atoms with Crippen molar-refractivity contribution in [1.29, 1.82) is 0 Å². The van der Waals surface area contributed by atoms with E-state index in [0.29, 0.717) is 6.04 Å². The lowest BCUT2D eigenvalue weighted by molar-refractivity contribution is -0.384. The van der Waals surface area contributed by atoms with Gasteiger partial charge in [-0.2, -0.15) is 0 Å². The molecule has 0 amide bonds. The van der Waals surface area contributed by atoms with Crippen LogP contribution in [-0.4, -0.2) is 23.3 Å². The SMILES string of the molecule is C=C(CNC1CC1)CSc1ccc([N+](=O)[O-])cc1. The molecule has 1 aliphatic carbocycles. The molecule has 4 nitrogen and oxygen atoms in total. The predicted molar refractivity (Wildman–Crippen MR) is 74.0 cm³/mol. The van der Waals surface area contributed by atoms with E-state index in [1.165, 1.54) is 25.0 Å². The average Bonchev–Trinajstić information content (AvgIpc) is 3.18. The van der Waals surface area contributed by atoms with E-state index in [0.717, 1.165) is 22.8 Å². The molecular weight excluding hydrogens is 248 g/mol. The molecule has 1 N–H and O–H groups in total. The first-order chi connectivity index (χ1) is 8.65. The van der Waals surface area contributed by atoms with Gasteiger partial charge in [-0.25, -0.2) is 0 Å². The summed E-state index contributed by atoms with van der Waals surface area (Å²) in [5.41, 5.74) is 1.29. The van der Waals surface area contributed by atoms with Crippen molar-refractivity contribution in [2.75, 3.05) is 12.3 Å². The number of thioether (sulfide) groups is 1. The second kappa shape index (κ2) is 6.02. The molecule has 0 spiro atoms. The molecule has 0 heterocycles. The number of nitrogens with one attached hydrogen (secondary N) is 1. The highest BCUT2D eigenvalue weighted by atomic mass is 32.2. The third-order valence-electron chi connectivity index (χ3n) is 2.71. The summed E-state index contributed by atoms with van der Waals surface area (Å²) < 4.78 is 0. The zero-order valence-corrected chi connectivity index (χ0v) is 10.9. The van der Waals surface area contributed by atoms with Crippen LogP contribution in [0.25, 0.3) is 0 Å². The molecule has 2 rings (SSSR count). The first kappa shape index (κ1) is 13.1. The van der Waals surface area contributed by atoms with E-state index in [2.05, 4.69) is 11.9 Å². The van der Waals surface area contributed by atoms with E-state index in [9.17, 15) is 10.1 Å². The van der Waals surface area contributed by atoms with Crippen LogP contribution >= 0.6 is 11.8 Å². The largest absolute Gasteiger partial charge is 0.310 e. The Balaban J connectivity index is 1.74. The van der Waals surface area contributed by atoms with Crippen LogP contribution in [0.1, 0.15) is 12.8 Å². The molecular formula is C13H16N2O2S. The van der Waals surface area contributed by atoms with Gasteiger partial charge in [0.05, 0.1) is 4.92 Å². The van der Waals surface area contributed by atoms with Crippen LogP contribution < -0.4 is 5.32 Å². The Kier molecular flexibility index (Phi) is 4.38. The molecule has 0 aromatic heterocycles. The van der Waals surface area contributed by atoms with Gasteiger partial charge < -0.3 is 5.32 Å². The van der Waals surface area contributed by atoms with Crippen molar-refractivity contribution < 1.29 is 4.92 Å². The maximum atomic E-state index is 10.5. The van der Waals surface area contributed by atoms with Gasteiger partial charge in [-0.05, 0) is 25.0 Å². The number of benzene rings is 1. The quantitative estimate of drug-likeness (QED) is 0.356. The van der Waals surface area contributed by atoms with Crippen LogP contribution in [0.3, 0.4) is 0 Å². The number of nitro benzene ring substituents is 1. The molecule has 0 aliphatic heterocycles. The summed E-state index contributed by atoms with van der Waals surface area (Å²) in [6, 6.07) is 7.33. The van der Waals surface area contributed by atoms with Crippen LogP contribution in [-0.2, 0) is 0 Å². The van der Waals surface area contributed by atoms with Crippen molar-refractivity contribution in [3.05, 3.63) is 46.5 Å². The molecule has 1 fully saturated rings. The van der Waals surface area contributed by atoms with Gasteiger partial charge in [0.1, 0.15) is 0 Å². The van der Waals surface area contributed by atoms with E-state index >= 15 is 0 Å². The number of hydrogen-bond acceptors (Lipinski definition) is 4. The molecule has 0 unspecified atom stereocenters. The Morgan fingerprint density at radius 1 is 1.44 bits per heavy atom. The standard InChI is InChI=1S/C13H16N2O2S/c1-10(8-14-11-2-3-11)9-18-13-6-4-12(5-7-13)15(16)17/h4-7,11,14H,1-3,8-9H2. The number of nitrogens with zero attached hydrogens (tertiary/aromatic N) is 1. The van der Waals surface area contributed by atoms with Crippen LogP contribution in [0.2, 0.25) is 0 Å². The third kappa shape index (κ3) is 4.16. The Morgan fingerprint density at radius 3 is 2.67 bits per heavy atom. The fraction of sp³-hybridized carbons (Fsp3) is 0.385. The number of non-ortho nitro benzene ring substituents is 1. The van der Waals surface area contributed by atoms with E-state index in [-0.39, 0.29) is 10.6 Å². The summed E-state index contributed by atoms with van der Waals surface area (Å²) in [4.78, 5) is 11.2. The summed E-state index contributed by atoms with van der Waals surface area (Å²) in [5.74, 6) is 0.845.